The van der Waals surface area contributed by atoms with Crippen LogP contribution in [0.5, 0.6) is 0 Å². The minimum absolute atomic E-state index is 0.112. The molecule has 0 saturated heterocycles. The van der Waals surface area contributed by atoms with E-state index in [2.05, 4.69) is 4.98 Å². The zero-order valence-corrected chi connectivity index (χ0v) is 14.1. The van der Waals surface area contributed by atoms with Crippen molar-refractivity contribution in [3.05, 3.63) is 54.1 Å². The third-order valence-electron chi connectivity index (χ3n) is 4.31. The van der Waals surface area contributed by atoms with Gasteiger partial charge in [0.05, 0.1) is 22.9 Å². The Hall–Kier alpha value is -2.69. The van der Waals surface area contributed by atoms with E-state index < -0.39 is 5.82 Å². The van der Waals surface area contributed by atoms with Gasteiger partial charge >= 0.3 is 0 Å². The highest BCUT2D eigenvalue weighted by Crippen LogP contribution is 2.25. The van der Waals surface area contributed by atoms with Gasteiger partial charge in [0.2, 0.25) is 0 Å². The average molecular weight is 325 g/mol. The Morgan fingerprint density at radius 1 is 1.12 bits per heavy atom. The summed E-state index contributed by atoms with van der Waals surface area (Å²) < 4.78 is 16.4. The van der Waals surface area contributed by atoms with Gasteiger partial charge < -0.3 is 9.47 Å². The van der Waals surface area contributed by atoms with Crippen molar-refractivity contribution in [2.75, 3.05) is 13.1 Å². The lowest BCUT2D eigenvalue weighted by Gasteiger charge is -2.19. The maximum atomic E-state index is 14.5. The number of aryl methyl sites for hydroxylation is 1. The van der Waals surface area contributed by atoms with Crippen molar-refractivity contribution in [2.24, 2.45) is 7.05 Å². The minimum Gasteiger partial charge on any atom is -0.339 e. The van der Waals surface area contributed by atoms with E-state index in [0.29, 0.717) is 13.1 Å². The molecule has 5 heteroatoms. The smallest absolute Gasteiger partial charge is 0.256 e. The summed E-state index contributed by atoms with van der Waals surface area (Å²) in [4.78, 5) is 18.3. The van der Waals surface area contributed by atoms with Crippen LogP contribution in [0.25, 0.3) is 22.2 Å². The molecule has 4 nitrogen and oxygen atoms in total. The maximum Gasteiger partial charge on any atom is 0.256 e. The molecule has 0 aliphatic carbocycles. The van der Waals surface area contributed by atoms with Gasteiger partial charge in [-0.05, 0) is 49.2 Å². The average Bonchev–Trinajstić information content (AvgIpc) is 2.96. The van der Waals surface area contributed by atoms with Crippen LogP contribution in [-0.2, 0) is 7.05 Å². The Labute approximate surface area is 140 Å². The molecule has 0 atom stereocenters. The number of aromatic nitrogens is 2. The monoisotopic (exact) mass is 325 g/mol. The van der Waals surface area contributed by atoms with E-state index in [0.717, 1.165) is 22.2 Å². The van der Waals surface area contributed by atoms with E-state index in [-0.39, 0.29) is 11.5 Å². The minimum atomic E-state index is -0.495. The molecule has 1 amide bonds. The number of nitrogens with zero attached hydrogens (tertiary/aromatic N) is 3. The Balaban J connectivity index is 1.97. The van der Waals surface area contributed by atoms with Crippen LogP contribution in [0.1, 0.15) is 24.2 Å². The number of benzene rings is 2. The fraction of sp³-hybridized carbons (Fsp3) is 0.263. The van der Waals surface area contributed by atoms with Gasteiger partial charge in [0.25, 0.3) is 5.91 Å². The molecule has 124 valence electrons. The van der Waals surface area contributed by atoms with E-state index in [1.54, 1.807) is 23.4 Å². The Morgan fingerprint density at radius 2 is 1.79 bits per heavy atom. The molecule has 2 aromatic carbocycles. The fourth-order valence-electron chi connectivity index (χ4n) is 2.86. The number of amides is 1. The van der Waals surface area contributed by atoms with Gasteiger partial charge in [0.15, 0.2) is 0 Å². The van der Waals surface area contributed by atoms with Crippen LogP contribution in [0, 0.1) is 5.82 Å². The van der Waals surface area contributed by atoms with E-state index in [1.165, 1.54) is 6.07 Å². The second kappa shape index (κ2) is 6.43. The highest BCUT2D eigenvalue weighted by atomic mass is 19.1. The molecule has 24 heavy (non-hydrogen) atoms. The zero-order valence-electron chi connectivity index (χ0n) is 14.1. The molecule has 1 heterocycles. The molecule has 3 aromatic rings. The van der Waals surface area contributed by atoms with E-state index in [4.69, 9.17) is 0 Å². The third kappa shape index (κ3) is 2.77. The molecule has 0 unspecified atom stereocenters. The summed E-state index contributed by atoms with van der Waals surface area (Å²) in [6.07, 6.45) is 1.75. The molecule has 0 N–H and O–H groups in total. The topological polar surface area (TPSA) is 38.1 Å². The second-order valence-corrected chi connectivity index (χ2v) is 5.73. The number of carbonyl (C=O) groups excluding carboxylic acids is 1. The summed E-state index contributed by atoms with van der Waals surface area (Å²) in [5.74, 6) is -0.769. The predicted molar refractivity (Wildman–Crippen MR) is 93.4 cm³/mol. The van der Waals surface area contributed by atoms with Gasteiger partial charge in [-0.3, -0.25) is 4.79 Å². The lowest BCUT2D eigenvalue weighted by molar-refractivity contribution is 0.0768. The normalized spacial score (nSPS) is 11.0. The van der Waals surface area contributed by atoms with Gasteiger partial charge in [0.1, 0.15) is 5.82 Å². The highest BCUT2D eigenvalue weighted by Gasteiger charge is 2.17. The number of hydrogen-bond donors (Lipinski definition) is 0. The standard InChI is InChI=1S/C19H20FN3O/c1-4-23(5-2)19(24)15-8-6-13(10-16(15)20)14-7-9-18-17(11-14)21-12-22(18)3/h6-12H,4-5H2,1-3H3. The number of fused-ring (bicyclic) bond motifs is 1. The molecular formula is C19H20FN3O. The predicted octanol–water partition coefficient (Wildman–Crippen LogP) is 3.86. The van der Waals surface area contributed by atoms with Crippen LogP contribution in [0.2, 0.25) is 0 Å². The van der Waals surface area contributed by atoms with Crippen molar-refractivity contribution in [3.63, 3.8) is 0 Å². The van der Waals surface area contributed by atoms with Crippen LogP contribution in [0.4, 0.5) is 4.39 Å². The molecule has 0 saturated carbocycles. The first-order valence-electron chi connectivity index (χ1n) is 8.05. The second-order valence-electron chi connectivity index (χ2n) is 5.73. The number of imidazole rings is 1. The zero-order chi connectivity index (χ0) is 17.3. The van der Waals surface area contributed by atoms with E-state index in [1.807, 2.05) is 43.7 Å². The third-order valence-corrected chi connectivity index (χ3v) is 4.31. The fourth-order valence-corrected chi connectivity index (χ4v) is 2.86. The Morgan fingerprint density at radius 3 is 2.46 bits per heavy atom. The molecule has 0 bridgehead atoms. The van der Waals surface area contributed by atoms with Crippen molar-refractivity contribution < 1.29 is 9.18 Å². The van der Waals surface area contributed by atoms with E-state index >= 15 is 0 Å². The summed E-state index contributed by atoms with van der Waals surface area (Å²) in [6, 6.07) is 10.6. The largest absolute Gasteiger partial charge is 0.339 e. The summed E-state index contributed by atoms with van der Waals surface area (Å²) in [5.41, 5.74) is 3.60. The maximum absolute atomic E-state index is 14.5. The first-order chi connectivity index (χ1) is 11.5. The molecule has 0 fully saturated rings. The van der Waals surface area contributed by atoms with Crippen LogP contribution in [-0.4, -0.2) is 33.4 Å². The molecule has 0 radical (unpaired) electrons. The van der Waals surface area contributed by atoms with Crippen LogP contribution in [0.15, 0.2) is 42.7 Å². The first kappa shape index (κ1) is 16.2. The highest BCUT2D eigenvalue weighted by molar-refractivity contribution is 5.95. The molecular weight excluding hydrogens is 305 g/mol. The van der Waals surface area contributed by atoms with Crippen molar-refractivity contribution in [2.45, 2.75) is 13.8 Å². The lowest BCUT2D eigenvalue weighted by atomic mass is 10.0. The molecule has 0 aliphatic rings. The van der Waals surface area contributed by atoms with Gasteiger partial charge in [0, 0.05) is 20.1 Å². The quantitative estimate of drug-likeness (QED) is 0.730. The molecule has 0 spiro atoms. The summed E-state index contributed by atoms with van der Waals surface area (Å²) >= 11 is 0. The first-order valence-corrected chi connectivity index (χ1v) is 8.05. The summed E-state index contributed by atoms with van der Waals surface area (Å²) in [6.45, 7) is 4.89. The van der Waals surface area contributed by atoms with Crippen molar-refractivity contribution in [1.29, 1.82) is 0 Å². The van der Waals surface area contributed by atoms with Gasteiger partial charge in [-0.1, -0.05) is 12.1 Å². The summed E-state index contributed by atoms with van der Waals surface area (Å²) in [7, 11) is 1.93. The number of rotatable bonds is 4. The lowest BCUT2D eigenvalue weighted by Crippen LogP contribution is -2.31. The Bertz CT molecular complexity index is 897. The van der Waals surface area contributed by atoms with Crippen molar-refractivity contribution in [3.8, 4) is 11.1 Å². The molecule has 0 aliphatic heterocycles. The van der Waals surface area contributed by atoms with Gasteiger partial charge in [-0.2, -0.15) is 0 Å². The molecule has 1 aromatic heterocycles. The SMILES string of the molecule is CCN(CC)C(=O)c1ccc(-c2ccc3c(c2)ncn3C)cc1F. The number of halogens is 1. The number of hydrogen-bond acceptors (Lipinski definition) is 2. The number of carbonyl (C=O) groups is 1. The van der Waals surface area contributed by atoms with Crippen molar-refractivity contribution in [1.82, 2.24) is 14.5 Å². The van der Waals surface area contributed by atoms with E-state index in [9.17, 15) is 9.18 Å². The van der Waals surface area contributed by atoms with Crippen LogP contribution in [0.3, 0.4) is 0 Å². The van der Waals surface area contributed by atoms with Crippen molar-refractivity contribution >= 4 is 16.9 Å². The van der Waals surface area contributed by atoms with Gasteiger partial charge in [-0.15, -0.1) is 0 Å². The molecule has 3 rings (SSSR count). The van der Waals surface area contributed by atoms with Gasteiger partial charge in [-0.25, -0.2) is 9.37 Å². The summed E-state index contributed by atoms with van der Waals surface area (Å²) in [5, 5.41) is 0. The Kier molecular flexibility index (Phi) is 4.34. The van der Waals surface area contributed by atoms with Crippen LogP contribution >= 0.6 is 0 Å². The van der Waals surface area contributed by atoms with Crippen LogP contribution < -0.4 is 0 Å².